The van der Waals surface area contributed by atoms with E-state index in [2.05, 4.69) is 15.9 Å². The first kappa shape index (κ1) is 18.1. The van der Waals surface area contributed by atoms with Crippen LogP contribution in [-0.2, 0) is 27.1 Å². The molecule has 4 nitrogen and oxygen atoms in total. The number of nitrogens with zero attached hydrogens (tertiary/aromatic N) is 1. The van der Waals surface area contributed by atoms with Crippen molar-refractivity contribution in [2.45, 2.75) is 12.3 Å². The normalized spacial score (nSPS) is 11.6. The number of benzene rings is 2. The van der Waals surface area contributed by atoms with E-state index in [1.54, 1.807) is 30.3 Å². The summed E-state index contributed by atoms with van der Waals surface area (Å²) in [5, 5.41) is -0.714. The van der Waals surface area contributed by atoms with Crippen LogP contribution in [0.1, 0.15) is 11.1 Å². The molecular formula is C16H15BrClNO3S. The van der Waals surface area contributed by atoms with Gasteiger partial charge in [0.15, 0.2) is 0 Å². The van der Waals surface area contributed by atoms with Crippen molar-refractivity contribution in [2.24, 2.45) is 0 Å². The van der Waals surface area contributed by atoms with Crippen LogP contribution in [0.25, 0.3) is 0 Å². The second kappa shape index (κ2) is 8.06. The molecule has 0 N–H and O–H groups in total. The second-order valence-electron chi connectivity index (χ2n) is 4.96. The zero-order chi connectivity index (χ0) is 16.9. The number of carbonyl (C=O) groups excluding carboxylic acids is 1. The summed E-state index contributed by atoms with van der Waals surface area (Å²) in [6.45, 7) is -0.285. The second-order valence-corrected chi connectivity index (χ2v) is 8.20. The van der Waals surface area contributed by atoms with Crippen molar-refractivity contribution in [2.75, 3.05) is 6.54 Å². The van der Waals surface area contributed by atoms with Crippen LogP contribution in [0, 0.1) is 0 Å². The van der Waals surface area contributed by atoms with Gasteiger partial charge in [-0.05, 0) is 28.8 Å². The molecule has 0 spiro atoms. The van der Waals surface area contributed by atoms with Crippen LogP contribution < -0.4 is 0 Å². The average Bonchev–Trinajstić information content (AvgIpc) is 2.49. The summed E-state index contributed by atoms with van der Waals surface area (Å²) in [5.74, 6) is -0.178. The van der Waals surface area contributed by atoms with E-state index in [0.717, 1.165) is 14.3 Å². The molecular weight excluding hydrogens is 402 g/mol. The van der Waals surface area contributed by atoms with Crippen molar-refractivity contribution in [3.63, 3.8) is 0 Å². The number of sulfonamides is 1. The third-order valence-corrected chi connectivity index (χ3v) is 5.83. The largest absolute Gasteiger partial charge is 0.280 e. The average molecular weight is 417 g/mol. The zero-order valence-electron chi connectivity index (χ0n) is 12.2. The van der Waals surface area contributed by atoms with Gasteiger partial charge in [-0.3, -0.25) is 4.79 Å². The van der Waals surface area contributed by atoms with E-state index in [1.807, 2.05) is 24.3 Å². The summed E-state index contributed by atoms with van der Waals surface area (Å²) in [5.41, 5.74) is 1.42. The first-order valence-electron chi connectivity index (χ1n) is 6.82. The highest BCUT2D eigenvalue weighted by Crippen LogP contribution is 2.21. The molecule has 0 radical (unpaired) electrons. The molecule has 7 heteroatoms. The molecule has 122 valence electrons. The summed E-state index contributed by atoms with van der Waals surface area (Å²) in [6.07, 6.45) is 0. The molecule has 0 saturated carbocycles. The SMILES string of the molecule is O=C(Cl)CN(Cc1ccccc1Br)S(=O)(=O)Cc1ccccc1. The standard InChI is InChI=1S/C16H15BrClNO3S/c17-15-9-5-4-8-14(15)10-19(11-16(18)20)23(21,22)12-13-6-2-1-3-7-13/h1-9H,10-12H2. The van der Waals surface area contributed by atoms with Gasteiger partial charge in [0.05, 0.1) is 12.3 Å². The third kappa shape index (κ3) is 5.42. The Balaban J connectivity index is 2.26. The Morgan fingerprint density at radius 1 is 1.04 bits per heavy atom. The van der Waals surface area contributed by atoms with E-state index in [9.17, 15) is 13.2 Å². The van der Waals surface area contributed by atoms with Gasteiger partial charge in [0, 0.05) is 11.0 Å². The van der Waals surface area contributed by atoms with Crippen molar-refractivity contribution in [1.82, 2.24) is 4.31 Å². The summed E-state index contributed by atoms with van der Waals surface area (Å²) in [7, 11) is -3.68. The van der Waals surface area contributed by atoms with Crippen molar-refractivity contribution < 1.29 is 13.2 Å². The lowest BCUT2D eigenvalue weighted by Gasteiger charge is -2.21. The van der Waals surface area contributed by atoms with E-state index in [0.29, 0.717) is 5.56 Å². The summed E-state index contributed by atoms with van der Waals surface area (Å²) < 4.78 is 27.2. The lowest BCUT2D eigenvalue weighted by Crippen LogP contribution is -2.35. The van der Waals surface area contributed by atoms with E-state index in [4.69, 9.17) is 11.6 Å². The number of hydrogen-bond donors (Lipinski definition) is 0. The molecule has 0 amide bonds. The van der Waals surface area contributed by atoms with Gasteiger partial charge in [-0.15, -0.1) is 0 Å². The molecule has 0 bridgehead atoms. The lowest BCUT2D eigenvalue weighted by molar-refractivity contribution is -0.111. The predicted molar refractivity (Wildman–Crippen MR) is 94.5 cm³/mol. The highest BCUT2D eigenvalue weighted by molar-refractivity contribution is 9.10. The molecule has 0 aliphatic rings. The van der Waals surface area contributed by atoms with Gasteiger partial charge in [0.25, 0.3) is 0 Å². The zero-order valence-corrected chi connectivity index (χ0v) is 15.3. The Labute approximate surface area is 149 Å². The first-order chi connectivity index (χ1) is 10.9. The summed E-state index contributed by atoms with van der Waals surface area (Å²) >= 11 is 8.82. The lowest BCUT2D eigenvalue weighted by atomic mass is 10.2. The van der Waals surface area contributed by atoms with Crippen LogP contribution in [0.4, 0.5) is 0 Å². The quantitative estimate of drug-likeness (QED) is 0.649. The third-order valence-electron chi connectivity index (χ3n) is 3.19. The molecule has 0 aliphatic carbocycles. The molecule has 2 aromatic carbocycles. The maximum Gasteiger partial charge on any atom is 0.236 e. The fourth-order valence-electron chi connectivity index (χ4n) is 2.08. The van der Waals surface area contributed by atoms with E-state index in [1.165, 1.54) is 0 Å². The van der Waals surface area contributed by atoms with Gasteiger partial charge in [-0.2, -0.15) is 4.31 Å². The van der Waals surface area contributed by atoms with Gasteiger partial charge in [-0.25, -0.2) is 8.42 Å². The van der Waals surface area contributed by atoms with Crippen LogP contribution in [0.5, 0.6) is 0 Å². The van der Waals surface area contributed by atoms with Crippen molar-refractivity contribution in [1.29, 1.82) is 0 Å². The van der Waals surface area contributed by atoms with Crippen molar-refractivity contribution in [3.05, 3.63) is 70.2 Å². The topological polar surface area (TPSA) is 54.5 Å². The Morgan fingerprint density at radius 2 is 1.65 bits per heavy atom. The Bertz CT molecular complexity index is 781. The number of carbonyl (C=O) groups is 1. The number of halogens is 2. The smallest absolute Gasteiger partial charge is 0.236 e. The van der Waals surface area contributed by atoms with Gasteiger partial charge in [0.2, 0.25) is 15.3 Å². The minimum atomic E-state index is -3.68. The van der Waals surface area contributed by atoms with Crippen LogP contribution in [0.3, 0.4) is 0 Å². The van der Waals surface area contributed by atoms with Gasteiger partial charge in [0.1, 0.15) is 0 Å². The fraction of sp³-hybridized carbons (Fsp3) is 0.188. The maximum absolute atomic E-state index is 12.7. The minimum Gasteiger partial charge on any atom is -0.280 e. The highest BCUT2D eigenvalue weighted by Gasteiger charge is 2.25. The molecule has 2 rings (SSSR count). The molecule has 2 aromatic rings. The van der Waals surface area contributed by atoms with Crippen molar-refractivity contribution in [3.8, 4) is 0 Å². The van der Waals surface area contributed by atoms with E-state index < -0.39 is 15.3 Å². The first-order valence-corrected chi connectivity index (χ1v) is 9.60. The van der Waals surface area contributed by atoms with Crippen LogP contribution in [0.2, 0.25) is 0 Å². The Kier molecular flexibility index (Phi) is 6.35. The summed E-state index contributed by atoms with van der Waals surface area (Å²) in [4.78, 5) is 11.3. The Morgan fingerprint density at radius 3 is 2.26 bits per heavy atom. The van der Waals surface area contributed by atoms with Gasteiger partial charge < -0.3 is 0 Å². The van der Waals surface area contributed by atoms with E-state index >= 15 is 0 Å². The van der Waals surface area contributed by atoms with Crippen LogP contribution in [0.15, 0.2) is 59.1 Å². The monoisotopic (exact) mass is 415 g/mol. The van der Waals surface area contributed by atoms with Crippen LogP contribution >= 0.6 is 27.5 Å². The number of rotatable bonds is 7. The fourth-order valence-corrected chi connectivity index (χ4v) is 4.16. The maximum atomic E-state index is 12.7. The molecule has 0 aliphatic heterocycles. The van der Waals surface area contributed by atoms with Crippen LogP contribution in [-0.4, -0.2) is 24.5 Å². The molecule has 23 heavy (non-hydrogen) atoms. The van der Waals surface area contributed by atoms with Gasteiger partial charge >= 0.3 is 0 Å². The van der Waals surface area contributed by atoms with Gasteiger partial charge in [-0.1, -0.05) is 64.5 Å². The molecule has 0 fully saturated rings. The minimum absolute atomic E-state index is 0.0784. The number of hydrogen-bond acceptors (Lipinski definition) is 3. The van der Waals surface area contributed by atoms with E-state index in [-0.39, 0.29) is 18.8 Å². The molecule has 0 atom stereocenters. The molecule has 0 aromatic heterocycles. The summed E-state index contributed by atoms with van der Waals surface area (Å²) in [6, 6.07) is 16.1. The molecule has 0 heterocycles. The Hall–Kier alpha value is -1.21. The molecule has 0 unspecified atom stereocenters. The molecule has 0 saturated heterocycles. The van der Waals surface area contributed by atoms with Crippen molar-refractivity contribution >= 4 is 42.8 Å². The highest BCUT2D eigenvalue weighted by atomic mass is 79.9. The predicted octanol–water partition coefficient (Wildman–Crippen LogP) is 3.55.